The van der Waals surface area contributed by atoms with E-state index in [9.17, 15) is 4.79 Å². The second-order valence-electron chi connectivity index (χ2n) is 5.91. The van der Waals surface area contributed by atoms with Crippen molar-refractivity contribution in [2.45, 2.75) is 26.2 Å². The number of hydrogen-bond donors (Lipinski definition) is 1. The van der Waals surface area contributed by atoms with Crippen molar-refractivity contribution in [2.75, 3.05) is 0 Å². The molecule has 2 heteroatoms. The summed E-state index contributed by atoms with van der Waals surface area (Å²) in [7, 11) is 0. The van der Waals surface area contributed by atoms with Crippen LogP contribution in [-0.4, -0.2) is 10.8 Å². The summed E-state index contributed by atoms with van der Waals surface area (Å²) >= 11 is 0. The van der Waals surface area contributed by atoms with Crippen LogP contribution < -0.4 is 0 Å². The van der Waals surface area contributed by atoms with Gasteiger partial charge < -0.3 is 4.98 Å². The number of fused-ring (bicyclic) bond motifs is 2. The Kier molecular flexibility index (Phi) is 2.98. The first-order chi connectivity index (χ1) is 10.0. The van der Waals surface area contributed by atoms with Gasteiger partial charge in [-0.3, -0.25) is 4.79 Å². The Morgan fingerprint density at radius 1 is 1.24 bits per heavy atom. The van der Waals surface area contributed by atoms with Gasteiger partial charge in [0.25, 0.3) is 0 Å². The Hall–Kier alpha value is -2.35. The third kappa shape index (κ3) is 1.75. The smallest absolute Gasteiger partial charge is 0.195 e. The third-order valence-corrected chi connectivity index (χ3v) is 4.30. The summed E-state index contributed by atoms with van der Waals surface area (Å²) in [4.78, 5) is 16.3. The maximum atomic E-state index is 12.9. The van der Waals surface area contributed by atoms with Crippen molar-refractivity contribution >= 4 is 17.9 Å². The fourth-order valence-electron chi connectivity index (χ4n) is 3.24. The number of carbonyl (C=O) groups is 1. The molecule has 1 heterocycles. The number of allylic oxidation sites excluding steroid dienone is 1. The second-order valence-corrected chi connectivity index (χ2v) is 5.91. The van der Waals surface area contributed by atoms with Crippen LogP contribution >= 0.6 is 0 Å². The summed E-state index contributed by atoms with van der Waals surface area (Å²) < 4.78 is 0. The largest absolute Gasteiger partial charge is 0.357 e. The molecule has 0 saturated carbocycles. The molecule has 0 amide bonds. The Balaban J connectivity index is 2.38. The molecule has 0 saturated heterocycles. The van der Waals surface area contributed by atoms with E-state index in [-0.39, 0.29) is 11.2 Å². The zero-order chi connectivity index (χ0) is 15.2. The number of rotatable bonds is 2. The lowest BCUT2D eigenvalue weighted by Crippen LogP contribution is -2.30. The standard InChI is InChI=1S/C19H19NO/c1-5-9-15-12(6-2)16-17(21)13-10-7-8-11-14(13)19(3,4)18(16)20-15/h5-11,20H,2H2,1,3-4H3/b9-5-. The summed E-state index contributed by atoms with van der Waals surface area (Å²) in [6, 6.07) is 7.87. The number of benzene rings is 1. The Morgan fingerprint density at radius 3 is 2.62 bits per heavy atom. The van der Waals surface area contributed by atoms with E-state index in [1.807, 2.05) is 43.3 Å². The van der Waals surface area contributed by atoms with E-state index in [1.165, 1.54) is 0 Å². The summed E-state index contributed by atoms with van der Waals surface area (Å²) in [5.74, 6) is 0.0850. The van der Waals surface area contributed by atoms with Crippen LogP contribution in [0.2, 0.25) is 0 Å². The van der Waals surface area contributed by atoms with Crippen molar-refractivity contribution in [3.05, 3.63) is 70.6 Å². The van der Waals surface area contributed by atoms with Gasteiger partial charge >= 0.3 is 0 Å². The lowest BCUT2D eigenvalue weighted by atomic mass is 9.71. The van der Waals surface area contributed by atoms with Crippen LogP contribution in [-0.2, 0) is 5.41 Å². The van der Waals surface area contributed by atoms with Crippen molar-refractivity contribution < 1.29 is 4.79 Å². The first-order valence-electron chi connectivity index (χ1n) is 7.18. The zero-order valence-electron chi connectivity index (χ0n) is 12.7. The van der Waals surface area contributed by atoms with Crippen LogP contribution in [0.4, 0.5) is 0 Å². The van der Waals surface area contributed by atoms with E-state index >= 15 is 0 Å². The molecule has 21 heavy (non-hydrogen) atoms. The lowest BCUT2D eigenvalue weighted by molar-refractivity contribution is 0.103. The molecule has 1 N–H and O–H groups in total. The fourth-order valence-corrected chi connectivity index (χ4v) is 3.24. The van der Waals surface area contributed by atoms with Crippen LogP contribution in [0, 0.1) is 0 Å². The Morgan fingerprint density at radius 2 is 1.95 bits per heavy atom. The van der Waals surface area contributed by atoms with Gasteiger partial charge in [0, 0.05) is 27.9 Å². The van der Waals surface area contributed by atoms with E-state index in [1.54, 1.807) is 6.08 Å². The summed E-state index contributed by atoms with van der Waals surface area (Å²) in [5.41, 5.74) is 5.24. The van der Waals surface area contributed by atoms with E-state index in [2.05, 4.69) is 25.4 Å². The van der Waals surface area contributed by atoms with Gasteiger partial charge in [-0.25, -0.2) is 0 Å². The number of aromatic nitrogens is 1. The predicted octanol–water partition coefficient (Wildman–Crippen LogP) is 4.56. The maximum absolute atomic E-state index is 12.9. The molecule has 1 aliphatic carbocycles. The average Bonchev–Trinajstić information content (AvgIpc) is 2.85. The molecule has 106 valence electrons. The zero-order valence-corrected chi connectivity index (χ0v) is 12.7. The predicted molar refractivity (Wildman–Crippen MR) is 87.6 cm³/mol. The summed E-state index contributed by atoms with van der Waals surface area (Å²) in [6.07, 6.45) is 5.73. The highest BCUT2D eigenvalue weighted by Crippen LogP contribution is 2.43. The molecule has 0 aliphatic heterocycles. The van der Waals surface area contributed by atoms with Gasteiger partial charge in [0.15, 0.2) is 5.78 Å². The van der Waals surface area contributed by atoms with Gasteiger partial charge in [-0.15, -0.1) is 0 Å². The molecule has 0 fully saturated rings. The van der Waals surface area contributed by atoms with Gasteiger partial charge in [-0.2, -0.15) is 0 Å². The van der Waals surface area contributed by atoms with E-state index in [0.29, 0.717) is 0 Å². The Bertz CT molecular complexity index is 775. The van der Waals surface area contributed by atoms with Crippen LogP contribution in [0.5, 0.6) is 0 Å². The third-order valence-electron chi connectivity index (χ3n) is 4.30. The van der Waals surface area contributed by atoms with Gasteiger partial charge in [0.1, 0.15) is 0 Å². The minimum atomic E-state index is -0.225. The molecule has 1 aliphatic rings. The normalized spacial score (nSPS) is 15.9. The van der Waals surface area contributed by atoms with Crippen LogP contribution in [0.1, 0.15) is 59.2 Å². The van der Waals surface area contributed by atoms with E-state index in [4.69, 9.17) is 0 Å². The fraction of sp³-hybridized carbons (Fsp3) is 0.211. The van der Waals surface area contributed by atoms with E-state index < -0.39 is 0 Å². The maximum Gasteiger partial charge on any atom is 0.195 e. The van der Waals surface area contributed by atoms with Gasteiger partial charge in [-0.1, -0.05) is 56.8 Å². The molecule has 0 radical (unpaired) electrons. The number of carbonyl (C=O) groups excluding carboxylic acids is 1. The highest BCUT2D eigenvalue weighted by molar-refractivity contribution is 6.15. The number of nitrogens with one attached hydrogen (secondary N) is 1. The van der Waals surface area contributed by atoms with Gasteiger partial charge in [0.2, 0.25) is 0 Å². The molecule has 2 aromatic rings. The molecular weight excluding hydrogens is 258 g/mol. The molecule has 0 bridgehead atoms. The highest BCUT2D eigenvalue weighted by atomic mass is 16.1. The molecule has 0 unspecified atom stereocenters. The number of aromatic amines is 1. The average molecular weight is 277 g/mol. The van der Waals surface area contributed by atoms with E-state index in [0.717, 1.165) is 33.6 Å². The van der Waals surface area contributed by atoms with Crippen molar-refractivity contribution in [3.63, 3.8) is 0 Å². The molecule has 2 nitrogen and oxygen atoms in total. The molecule has 3 rings (SSSR count). The monoisotopic (exact) mass is 277 g/mol. The number of hydrogen-bond acceptors (Lipinski definition) is 1. The molecule has 0 spiro atoms. The first kappa shape index (κ1) is 13.6. The minimum Gasteiger partial charge on any atom is -0.357 e. The molecule has 0 atom stereocenters. The van der Waals surface area contributed by atoms with Crippen molar-refractivity contribution in [1.29, 1.82) is 0 Å². The minimum absolute atomic E-state index is 0.0850. The topological polar surface area (TPSA) is 32.9 Å². The van der Waals surface area contributed by atoms with Gasteiger partial charge in [0.05, 0.1) is 5.56 Å². The Labute approximate surface area is 125 Å². The lowest BCUT2D eigenvalue weighted by Gasteiger charge is -2.32. The molecule has 1 aromatic carbocycles. The molecular formula is C19H19NO. The summed E-state index contributed by atoms with van der Waals surface area (Å²) in [6.45, 7) is 10.2. The van der Waals surface area contributed by atoms with Crippen LogP contribution in [0.3, 0.4) is 0 Å². The van der Waals surface area contributed by atoms with Crippen LogP contribution in [0.15, 0.2) is 36.9 Å². The summed E-state index contributed by atoms with van der Waals surface area (Å²) in [5, 5.41) is 0. The molecule has 1 aromatic heterocycles. The van der Waals surface area contributed by atoms with Crippen LogP contribution in [0.25, 0.3) is 12.2 Å². The van der Waals surface area contributed by atoms with Crippen molar-refractivity contribution in [1.82, 2.24) is 4.98 Å². The first-order valence-corrected chi connectivity index (χ1v) is 7.18. The number of H-pyrrole nitrogens is 1. The van der Waals surface area contributed by atoms with Gasteiger partial charge in [-0.05, 0) is 18.6 Å². The van der Waals surface area contributed by atoms with Crippen molar-refractivity contribution in [3.8, 4) is 0 Å². The highest BCUT2D eigenvalue weighted by Gasteiger charge is 2.39. The quantitative estimate of drug-likeness (QED) is 0.857. The SMILES string of the molecule is C=Cc1c(/C=C\C)[nH]c2c1C(=O)c1ccccc1C2(C)C. The second kappa shape index (κ2) is 4.59. The van der Waals surface area contributed by atoms with Crippen molar-refractivity contribution in [2.24, 2.45) is 0 Å². The number of ketones is 1.